The van der Waals surface area contributed by atoms with Gasteiger partial charge in [-0.25, -0.2) is 9.97 Å². The Morgan fingerprint density at radius 1 is 1.12 bits per heavy atom. The van der Waals surface area contributed by atoms with Gasteiger partial charge in [0.1, 0.15) is 22.5 Å². The van der Waals surface area contributed by atoms with Gasteiger partial charge in [-0.05, 0) is 37.6 Å². The van der Waals surface area contributed by atoms with Crippen molar-refractivity contribution in [3.63, 3.8) is 0 Å². The van der Waals surface area contributed by atoms with Crippen LogP contribution in [0.5, 0.6) is 0 Å². The summed E-state index contributed by atoms with van der Waals surface area (Å²) in [5, 5.41) is 4.25. The molecule has 2 aromatic carbocycles. The van der Waals surface area contributed by atoms with Crippen LogP contribution in [0.15, 0.2) is 64.3 Å². The van der Waals surface area contributed by atoms with Gasteiger partial charge in [0.15, 0.2) is 5.58 Å². The van der Waals surface area contributed by atoms with Crippen LogP contribution in [0, 0.1) is 6.92 Å². The van der Waals surface area contributed by atoms with E-state index in [9.17, 15) is 4.79 Å². The molecule has 26 heavy (non-hydrogen) atoms. The molecule has 0 saturated carbocycles. The molecule has 0 spiro atoms. The van der Waals surface area contributed by atoms with Crippen LogP contribution in [0.2, 0.25) is 0 Å². The second kappa shape index (κ2) is 6.80. The van der Waals surface area contributed by atoms with Gasteiger partial charge < -0.3 is 9.73 Å². The summed E-state index contributed by atoms with van der Waals surface area (Å²) < 4.78 is 5.92. The summed E-state index contributed by atoms with van der Waals surface area (Å²) in [5.41, 5.74) is 4.00. The Labute approximate surface area is 154 Å². The SMILES string of the molecule is Cc1ccccc1NC(=O)[C@@H](C)Sc1ncnc2c1oc1ccccc12. The normalized spacial score (nSPS) is 12.4. The van der Waals surface area contributed by atoms with Crippen molar-refractivity contribution in [3.8, 4) is 0 Å². The van der Waals surface area contributed by atoms with Crippen LogP contribution in [-0.2, 0) is 4.79 Å². The van der Waals surface area contributed by atoms with Crippen LogP contribution >= 0.6 is 11.8 Å². The molecule has 1 amide bonds. The molecule has 1 atom stereocenters. The van der Waals surface area contributed by atoms with Crippen LogP contribution in [0.3, 0.4) is 0 Å². The summed E-state index contributed by atoms with van der Waals surface area (Å²) in [5.74, 6) is -0.0767. The Balaban J connectivity index is 1.60. The third-order valence-electron chi connectivity index (χ3n) is 4.19. The maximum atomic E-state index is 12.6. The molecule has 2 aromatic heterocycles. The van der Waals surface area contributed by atoms with Crippen molar-refractivity contribution in [2.45, 2.75) is 24.1 Å². The highest BCUT2D eigenvalue weighted by Gasteiger charge is 2.20. The average Bonchev–Trinajstić information content (AvgIpc) is 3.03. The maximum Gasteiger partial charge on any atom is 0.237 e. The van der Waals surface area contributed by atoms with Gasteiger partial charge in [0.05, 0.1) is 5.25 Å². The number of thioether (sulfide) groups is 1. The van der Waals surface area contributed by atoms with E-state index in [0.29, 0.717) is 10.6 Å². The fraction of sp³-hybridized carbons (Fsp3) is 0.150. The zero-order valence-electron chi connectivity index (χ0n) is 14.4. The fourth-order valence-corrected chi connectivity index (χ4v) is 3.61. The number of hydrogen-bond acceptors (Lipinski definition) is 5. The minimum Gasteiger partial charge on any atom is -0.451 e. The lowest BCUT2D eigenvalue weighted by molar-refractivity contribution is -0.115. The maximum absolute atomic E-state index is 12.6. The minimum absolute atomic E-state index is 0.0767. The standard InChI is InChI=1S/C20H17N3O2S/c1-12-7-3-5-9-15(12)23-19(24)13(2)26-20-18-17(21-11-22-20)14-8-4-6-10-16(14)25-18/h3-11,13H,1-2H3,(H,23,24)/t13-/m1/s1. The second-order valence-electron chi connectivity index (χ2n) is 6.02. The van der Waals surface area contributed by atoms with Gasteiger partial charge in [-0.1, -0.05) is 42.1 Å². The molecular formula is C20H17N3O2S. The number of nitrogens with zero attached hydrogens (tertiary/aromatic N) is 2. The van der Waals surface area contributed by atoms with E-state index in [4.69, 9.17) is 4.42 Å². The monoisotopic (exact) mass is 363 g/mol. The largest absolute Gasteiger partial charge is 0.451 e. The van der Waals surface area contributed by atoms with Crippen LogP contribution in [0.1, 0.15) is 12.5 Å². The van der Waals surface area contributed by atoms with E-state index in [1.165, 1.54) is 18.1 Å². The van der Waals surface area contributed by atoms with Crippen molar-refractivity contribution >= 4 is 45.4 Å². The molecule has 0 radical (unpaired) electrons. The van der Waals surface area contributed by atoms with Crippen molar-refractivity contribution in [3.05, 3.63) is 60.4 Å². The molecule has 0 bridgehead atoms. The predicted octanol–water partition coefficient (Wildman–Crippen LogP) is 4.80. The second-order valence-corrected chi connectivity index (χ2v) is 7.35. The number of aryl methyl sites for hydroxylation is 1. The molecule has 4 rings (SSSR count). The highest BCUT2D eigenvalue weighted by atomic mass is 32.2. The summed E-state index contributed by atoms with van der Waals surface area (Å²) in [7, 11) is 0. The van der Waals surface area contributed by atoms with E-state index in [2.05, 4.69) is 15.3 Å². The van der Waals surface area contributed by atoms with Crippen LogP contribution in [-0.4, -0.2) is 21.1 Å². The van der Waals surface area contributed by atoms with E-state index in [1.54, 1.807) is 0 Å². The van der Waals surface area contributed by atoms with E-state index in [-0.39, 0.29) is 11.2 Å². The number of rotatable bonds is 4. The average molecular weight is 363 g/mol. The smallest absolute Gasteiger partial charge is 0.237 e. The number of nitrogens with one attached hydrogen (secondary N) is 1. The van der Waals surface area contributed by atoms with E-state index < -0.39 is 0 Å². The number of anilines is 1. The first-order valence-electron chi connectivity index (χ1n) is 8.29. The van der Waals surface area contributed by atoms with Crippen LogP contribution < -0.4 is 5.32 Å². The molecular weight excluding hydrogens is 346 g/mol. The first-order valence-corrected chi connectivity index (χ1v) is 9.17. The minimum atomic E-state index is -0.332. The van der Waals surface area contributed by atoms with Gasteiger partial charge in [0, 0.05) is 11.1 Å². The zero-order chi connectivity index (χ0) is 18.1. The van der Waals surface area contributed by atoms with E-state index >= 15 is 0 Å². The highest BCUT2D eigenvalue weighted by Crippen LogP contribution is 2.34. The Morgan fingerprint density at radius 2 is 1.88 bits per heavy atom. The lowest BCUT2D eigenvalue weighted by Gasteiger charge is -2.13. The Hall–Kier alpha value is -2.86. The Kier molecular flexibility index (Phi) is 4.34. The van der Waals surface area contributed by atoms with Crippen molar-refractivity contribution in [2.24, 2.45) is 0 Å². The molecule has 0 aliphatic heterocycles. The molecule has 0 saturated heterocycles. The number of para-hydroxylation sites is 2. The summed E-state index contributed by atoms with van der Waals surface area (Å²) >= 11 is 1.36. The number of aromatic nitrogens is 2. The van der Waals surface area contributed by atoms with Crippen LogP contribution in [0.25, 0.3) is 22.1 Å². The molecule has 5 nitrogen and oxygen atoms in total. The van der Waals surface area contributed by atoms with Crippen molar-refractivity contribution < 1.29 is 9.21 Å². The summed E-state index contributed by atoms with van der Waals surface area (Å²) in [4.78, 5) is 21.2. The molecule has 0 fully saturated rings. The van der Waals surface area contributed by atoms with Crippen molar-refractivity contribution in [1.82, 2.24) is 9.97 Å². The van der Waals surface area contributed by atoms with Gasteiger partial charge in [-0.15, -0.1) is 0 Å². The number of amides is 1. The van der Waals surface area contributed by atoms with Gasteiger partial charge in [-0.2, -0.15) is 0 Å². The van der Waals surface area contributed by atoms with Gasteiger partial charge >= 0.3 is 0 Å². The van der Waals surface area contributed by atoms with E-state index in [1.807, 2.05) is 62.4 Å². The number of benzene rings is 2. The molecule has 0 unspecified atom stereocenters. The predicted molar refractivity (Wildman–Crippen MR) is 104 cm³/mol. The van der Waals surface area contributed by atoms with Crippen molar-refractivity contribution in [2.75, 3.05) is 5.32 Å². The number of hydrogen-bond donors (Lipinski definition) is 1. The topological polar surface area (TPSA) is 68.0 Å². The summed E-state index contributed by atoms with van der Waals surface area (Å²) in [6.45, 7) is 3.82. The Morgan fingerprint density at radius 3 is 2.73 bits per heavy atom. The Bertz CT molecular complexity index is 1110. The number of fused-ring (bicyclic) bond motifs is 3. The number of carbonyl (C=O) groups excluding carboxylic acids is 1. The van der Waals surface area contributed by atoms with Gasteiger partial charge in [0.2, 0.25) is 5.91 Å². The first kappa shape index (κ1) is 16.6. The lowest BCUT2D eigenvalue weighted by Crippen LogP contribution is -2.22. The quantitative estimate of drug-likeness (QED) is 0.416. The zero-order valence-corrected chi connectivity index (χ0v) is 15.2. The fourth-order valence-electron chi connectivity index (χ4n) is 2.76. The number of furan rings is 1. The third kappa shape index (κ3) is 3.04. The van der Waals surface area contributed by atoms with Crippen molar-refractivity contribution in [1.29, 1.82) is 0 Å². The molecule has 0 aliphatic rings. The molecule has 2 heterocycles. The van der Waals surface area contributed by atoms with Gasteiger partial charge in [-0.3, -0.25) is 4.79 Å². The van der Waals surface area contributed by atoms with Gasteiger partial charge in [0.25, 0.3) is 0 Å². The molecule has 0 aliphatic carbocycles. The molecule has 4 aromatic rings. The number of carbonyl (C=O) groups is 1. The highest BCUT2D eigenvalue weighted by molar-refractivity contribution is 8.00. The first-order chi connectivity index (χ1) is 12.6. The van der Waals surface area contributed by atoms with E-state index in [0.717, 1.165) is 27.7 Å². The summed E-state index contributed by atoms with van der Waals surface area (Å²) in [6, 6.07) is 15.5. The van der Waals surface area contributed by atoms with Crippen LogP contribution in [0.4, 0.5) is 5.69 Å². The molecule has 6 heteroatoms. The molecule has 1 N–H and O–H groups in total. The lowest BCUT2D eigenvalue weighted by atomic mass is 10.2. The summed E-state index contributed by atoms with van der Waals surface area (Å²) in [6.07, 6.45) is 1.51. The molecule has 130 valence electrons. The third-order valence-corrected chi connectivity index (χ3v) is 5.27.